The van der Waals surface area contributed by atoms with Gasteiger partial charge in [-0.25, -0.2) is 4.79 Å². The third-order valence-electron chi connectivity index (χ3n) is 4.94. The predicted octanol–water partition coefficient (Wildman–Crippen LogP) is 4.62. The zero-order valence-electron chi connectivity index (χ0n) is 17.8. The number of carbonyl (C=O) groups excluding carboxylic acids is 1. The second kappa shape index (κ2) is 8.83. The van der Waals surface area contributed by atoms with E-state index in [1.54, 1.807) is 49.4 Å². The highest BCUT2D eigenvalue weighted by Gasteiger charge is 2.30. The van der Waals surface area contributed by atoms with Crippen molar-refractivity contribution in [3.63, 3.8) is 0 Å². The van der Waals surface area contributed by atoms with Crippen LogP contribution < -0.4 is 15.2 Å². The fourth-order valence-corrected chi connectivity index (χ4v) is 3.30. The largest absolute Gasteiger partial charge is 0.511 e. The molecule has 3 N–H and O–H groups in total. The topological polar surface area (TPSA) is 124 Å². The molecule has 0 aliphatic carbocycles. The van der Waals surface area contributed by atoms with Crippen LogP contribution >= 0.6 is 0 Å². The number of nitrogens with one attached hydrogen (secondary N) is 1. The van der Waals surface area contributed by atoms with Crippen molar-refractivity contribution in [3.8, 4) is 22.6 Å². The van der Waals surface area contributed by atoms with E-state index in [9.17, 15) is 14.7 Å². The minimum absolute atomic E-state index is 0.121. The first-order valence-electron chi connectivity index (χ1n) is 9.97. The molecule has 0 unspecified atom stereocenters. The SMILES string of the molecule is CC1=NN(c2ccc(C)cc2)C(=O)C1=NNc1cccc(-c2cccc(OC(=O)O)c2)c1O. The fourth-order valence-electron chi connectivity index (χ4n) is 3.30. The summed E-state index contributed by atoms with van der Waals surface area (Å²) in [5.74, 6) is -0.389. The lowest BCUT2D eigenvalue weighted by atomic mass is 10.0. The number of aromatic hydroxyl groups is 1. The van der Waals surface area contributed by atoms with E-state index in [0.717, 1.165) is 5.56 Å². The second-order valence-corrected chi connectivity index (χ2v) is 7.31. The van der Waals surface area contributed by atoms with Gasteiger partial charge in [0.1, 0.15) is 11.5 Å². The third-order valence-corrected chi connectivity index (χ3v) is 4.94. The number of benzene rings is 3. The van der Waals surface area contributed by atoms with Gasteiger partial charge >= 0.3 is 12.1 Å². The molecular weight excluding hydrogens is 424 g/mol. The molecule has 1 amide bonds. The highest BCUT2D eigenvalue weighted by Crippen LogP contribution is 2.36. The summed E-state index contributed by atoms with van der Waals surface area (Å²) in [5.41, 5.74) is 6.23. The maximum atomic E-state index is 12.8. The molecule has 0 spiro atoms. The van der Waals surface area contributed by atoms with E-state index >= 15 is 0 Å². The van der Waals surface area contributed by atoms with Crippen molar-refractivity contribution in [2.45, 2.75) is 13.8 Å². The Hall–Kier alpha value is -4.66. The van der Waals surface area contributed by atoms with Gasteiger partial charge in [0.25, 0.3) is 0 Å². The van der Waals surface area contributed by atoms with E-state index in [1.165, 1.54) is 17.1 Å². The molecule has 33 heavy (non-hydrogen) atoms. The molecule has 166 valence electrons. The molecule has 0 bridgehead atoms. The van der Waals surface area contributed by atoms with Gasteiger partial charge in [0.2, 0.25) is 0 Å². The van der Waals surface area contributed by atoms with E-state index in [0.29, 0.717) is 22.5 Å². The van der Waals surface area contributed by atoms with Crippen molar-refractivity contribution < 1.29 is 24.5 Å². The number of carboxylic acid groups (broad SMARTS) is 1. The van der Waals surface area contributed by atoms with Crippen LogP contribution in [0.15, 0.2) is 76.9 Å². The summed E-state index contributed by atoms with van der Waals surface area (Å²) in [6.45, 7) is 3.63. The third kappa shape index (κ3) is 4.52. The molecule has 0 saturated carbocycles. The number of nitrogens with zero attached hydrogens (tertiary/aromatic N) is 3. The van der Waals surface area contributed by atoms with Crippen LogP contribution in [0.4, 0.5) is 16.2 Å². The number of hydrogen-bond donors (Lipinski definition) is 3. The van der Waals surface area contributed by atoms with Gasteiger partial charge in [-0.1, -0.05) is 42.0 Å². The average molecular weight is 444 g/mol. The zero-order valence-corrected chi connectivity index (χ0v) is 17.8. The van der Waals surface area contributed by atoms with Crippen LogP contribution in [0, 0.1) is 6.92 Å². The number of ether oxygens (including phenoxy) is 1. The average Bonchev–Trinajstić information content (AvgIpc) is 3.06. The van der Waals surface area contributed by atoms with Crippen LogP contribution in [-0.2, 0) is 4.79 Å². The van der Waals surface area contributed by atoms with Gasteiger partial charge in [-0.05, 0) is 49.7 Å². The van der Waals surface area contributed by atoms with Crippen LogP contribution in [0.5, 0.6) is 11.5 Å². The minimum Gasteiger partial charge on any atom is -0.505 e. The molecule has 9 nitrogen and oxygen atoms in total. The Balaban J connectivity index is 1.58. The predicted molar refractivity (Wildman–Crippen MR) is 125 cm³/mol. The van der Waals surface area contributed by atoms with Gasteiger partial charge < -0.3 is 14.9 Å². The number of aryl methyl sites for hydroxylation is 1. The van der Waals surface area contributed by atoms with E-state index < -0.39 is 12.1 Å². The lowest BCUT2D eigenvalue weighted by molar-refractivity contribution is -0.112. The van der Waals surface area contributed by atoms with Crippen molar-refractivity contribution >= 4 is 34.9 Å². The number of anilines is 2. The molecule has 0 radical (unpaired) electrons. The van der Waals surface area contributed by atoms with Crippen molar-refractivity contribution in [1.82, 2.24) is 0 Å². The molecule has 9 heteroatoms. The summed E-state index contributed by atoms with van der Waals surface area (Å²) in [6.07, 6.45) is -1.43. The van der Waals surface area contributed by atoms with Gasteiger partial charge in [-0.15, -0.1) is 0 Å². The van der Waals surface area contributed by atoms with Crippen molar-refractivity contribution in [2.75, 3.05) is 10.4 Å². The van der Waals surface area contributed by atoms with Crippen LogP contribution in [0.1, 0.15) is 12.5 Å². The molecule has 0 fully saturated rings. The second-order valence-electron chi connectivity index (χ2n) is 7.31. The van der Waals surface area contributed by atoms with Gasteiger partial charge in [-0.2, -0.15) is 15.2 Å². The smallest absolute Gasteiger partial charge is 0.505 e. The Morgan fingerprint density at radius 1 is 1.06 bits per heavy atom. The number of rotatable bonds is 5. The highest BCUT2D eigenvalue weighted by atomic mass is 16.7. The van der Waals surface area contributed by atoms with Crippen molar-refractivity contribution in [3.05, 3.63) is 72.3 Å². The summed E-state index contributed by atoms with van der Waals surface area (Å²) in [6, 6.07) is 18.7. The van der Waals surface area contributed by atoms with Crippen molar-refractivity contribution in [2.24, 2.45) is 10.2 Å². The zero-order chi connectivity index (χ0) is 23.5. The Labute approximate surface area is 189 Å². The van der Waals surface area contributed by atoms with Gasteiger partial charge in [-0.3, -0.25) is 10.2 Å². The molecule has 1 aliphatic rings. The fraction of sp³-hybridized carbons (Fsp3) is 0.0833. The number of carbonyl (C=O) groups is 2. The van der Waals surface area contributed by atoms with E-state index in [1.807, 2.05) is 19.1 Å². The minimum atomic E-state index is -1.43. The first-order valence-corrected chi connectivity index (χ1v) is 9.97. The molecule has 0 atom stereocenters. The standard InChI is InChI=1S/C24H20N4O5/c1-14-9-11-17(12-10-14)28-23(30)21(15(2)27-28)26-25-20-8-4-7-19(22(20)29)16-5-3-6-18(13-16)33-24(31)32/h3-13,25,29H,1-2H3,(H,31,32). The Kier molecular flexibility index (Phi) is 5.77. The van der Waals surface area contributed by atoms with E-state index in [-0.39, 0.29) is 22.9 Å². The number of hydrogen-bond acceptors (Lipinski definition) is 7. The van der Waals surface area contributed by atoms with Crippen LogP contribution in [0.2, 0.25) is 0 Å². The summed E-state index contributed by atoms with van der Waals surface area (Å²) >= 11 is 0. The molecule has 3 aromatic carbocycles. The number of amides is 1. The number of hydrazone groups is 2. The van der Waals surface area contributed by atoms with Crippen LogP contribution in [0.3, 0.4) is 0 Å². The molecule has 4 rings (SSSR count). The summed E-state index contributed by atoms with van der Waals surface area (Å²) in [7, 11) is 0. The van der Waals surface area contributed by atoms with Crippen molar-refractivity contribution in [1.29, 1.82) is 0 Å². The summed E-state index contributed by atoms with van der Waals surface area (Å²) < 4.78 is 4.68. The number of para-hydroxylation sites is 1. The monoisotopic (exact) mass is 444 g/mol. The normalized spacial score (nSPS) is 14.4. The van der Waals surface area contributed by atoms with E-state index in [4.69, 9.17) is 5.11 Å². The molecule has 0 aromatic heterocycles. The van der Waals surface area contributed by atoms with Crippen LogP contribution in [0.25, 0.3) is 11.1 Å². The molecule has 1 aliphatic heterocycles. The lowest BCUT2D eigenvalue weighted by Crippen LogP contribution is -2.27. The lowest BCUT2D eigenvalue weighted by Gasteiger charge is -2.12. The molecule has 0 saturated heterocycles. The highest BCUT2D eigenvalue weighted by molar-refractivity contribution is 6.71. The van der Waals surface area contributed by atoms with E-state index in [2.05, 4.69) is 20.4 Å². The molecule has 1 heterocycles. The Bertz CT molecular complexity index is 1300. The maximum Gasteiger partial charge on any atom is 0.511 e. The molecule has 3 aromatic rings. The number of phenolic OH excluding ortho intramolecular Hbond substituents is 1. The Morgan fingerprint density at radius 2 is 1.79 bits per heavy atom. The maximum absolute atomic E-state index is 12.8. The molecular formula is C24H20N4O5. The Morgan fingerprint density at radius 3 is 2.52 bits per heavy atom. The summed E-state index contributed by atoms with van der Waals surface area (Å²) in [4.78, 5) is 23.6. The number of phenols is 1. The van der Waals surface area contributed by atoms with Crippen LogP contribution in [-0.4, -0.2) is 33.7 Å². The van der Waals surface area contributed by atoms with Gasteiger partial charge in [0, 0.05) is 5.56 Å². The summed E-state index contributed by atoms with van der Waals surface area (Å²) in [5, 5.41) is 29.3. The quantitative estimate of drug-likeness (QED) is 0.228. The van der Waals surface area contributed by atoms with Gasteiger partial charge in [0.15, 0.2) is 5.71 Å². The first-order chi connectivity index (χ1) is 15.8. The van der Waals surface area contributed by atoms with Gasteiger partial charge in [0.05, 0.1) is 17.1 Å². The first kappa shape index (κ1) is 21.6.